The highest BCUT2D eigenvalue weighted by atomic mass is 15.2. The highest BCUT2D eigenvalue weighted by Crippen LogP contribution is 2.28. The topological polar surface area (TPSA) is 41.3 Å². The summed E-state index contributed by atoms with van der Waals surface area (Å²) in [6.45, 7) is 4.54. The van der Waals surface area contributed by atoms with Gasteiger partial charge in [0, 0.05) is 25.8 Å². The van der Waals surface area contributed by atoms with E-state index in [1.54, 1.807) is 0 Å². The molecule has 114 valence electrons. The van der Waals surface area contributed by atoms with E-state index in [-0.39, 0.29) is 6.04 Å². The first-order chi connectivity index (χ1) is 9.62. The Morgan fingerprint density at radius 2 is 2.00 bits per heavy atom. The first-order valence-corrected chi connectivity index (χ1v) is 7.85. The van der Waals surface area contributed by atoms with Gasteiger partial charge in [0.15, 0.2) is 0 Å². The normalized spacial score (nSPS) is 14.1. The second-order valence-electron chi connectivity index (χ2n) is 5.86. The lowest BCUT2D eigenvalue weighted by molar-refractivity contribution is 0.356. The van der Waals surface area contributed by atoms with Crippen LogP contribution in [0.25, 0.3) is 0 Å². The number of hydrazine groups is 1. The summed E-state index contributed by atoms with van der Waals surface area (Å²) >= 11 is 0. The smallest absolute Gasteiger partial charge is 0.0463 e. The van der Waals surface area contributed by atoms with Crippen LogP contribution < -0.4 is 16.2 Å². The summed E-state index contributed by atoms with van der Waals surface area (Å²) in [4.78, 5) is 2.13. The van der Waals surface area contributed by atoms with Crippen molar-refractivity contribution in [1.82, 2.24) is 5.43 Å². The van der Waals surface area contributed by atoms with Crippen molar-refractivity contribution in [2.24, 2.45) is 11.8 Å². The largest absolute Gasteiger partial charge is 0.378 e. The molecule has 0 aliphatic rings. The number of anilines is 1. The van der Waals surface area contributed by atoms with E-state index < -0.39 is 0 Å². The molecule has 1 rings (SSSR count). The van der Waals surface area contributed by atoms with Crippen LogP contribution in [0, 0.1) is 5.92 Å². The number of nitrogens with two attached hydrogens (primary N) is 1. The molecule has 0 spiro atoms. The zero-order chi connectivity index (χ0) is 15.0. The zero-order valence-electron chi connectivity index (χ0n) is 13.5. The number of nitrogens with zero attached hydrogens (tertiary/aromatic N) is 1. The summed E-state index contributed by atoms with van der Waals surface area (Å²) in [5, 5.41) is 0. The molecular formula is C17H31N3. The third-order valence-electron chi connectivity index (χ3n) is 4.10. The molecule has 0 radical (unpaired) electrons. The van der Waals surface area contributed by atoms with Crippen molar-refractivity contribution in [2.45, 2.75) is 52.0 Å². The Morgan fingerprint density at radius 1 is 1.25 bits per heavy atom. The third kappa shape index (κ3) is 5.14. The van der Waals surface area contributed by atoms with Crippen molar-refractivity contribution in [3.63, 3.8) is 0 Å². The van der Waals surface area contributed by atoms with E-state index in [1.807, 2.05) is 0 Å². The molecule has 0 amide bonds. The molecule has 0 saturated heterocycles. The molecule has 3 nitrogen and oxygen atoms in total. The van der Waals surface area contributed by atoms with Crippen LogP contribution in [0.15, 0.2) is 24.3 Å². The first kappa shape index (κ1) is 17.0. The van der Waals surface area contributed by atoms with Gasteiger partial charge in [-0.25, -0.2) is 0 Å². The third-order valence-corrected chi connectivity index (χ3v) is 4.10. The molecule has 1 aromatic rings. The van der Waals surface area contributed by atoms with Gasteiger partial charge in [-0.05, 0) is 30.0 Å². The van der Waals surface area contributed by atoms with Crippen LogP contribution in [-0.4, -0.2) is 14.1 Å². The van der Waals surface area contributed by atoms with Crippen LogP contribution in [0.3, 0.4) is 0 Å². The highest BCUT2D eigenvalue weighted by molar-refractivity contribution is 5.47. The van der Waals surface area contributed by atoms with Crippen molar-refractivity contribution in [2.75, 3.05) is 19.0 Å². The van der Waals surface area contributed by atoms with Crippen LogP contribution >= 0.6 is 0 Å². The fourth-order valence-electron chi connectivity index (χ4n) is 2.63. The maximum atomic E-state index is 5.80. The average Bonchev–Trinajstić information content (AvgIpc) is 2.47. The Labute approximate surface area is 124 Å². The first-order valence-electron chi connectivity index (χ1n) is 7.85. The predicted molar refractivity (Wildman–Crippen MR) is 88.8 cm³/mol. The molecule has 0 heterocycles. The van der Waals surface area contributed by atoms with Gasteiger partial charge in [-0.1, -0.05) is 51.7 Å². The summed E-state index contributed by atoms with van der Waals surface area (Å²) in [5.74, 6) is 6.55. The lowest BCUT2D eigenvalue weighted by atomic mass is 9.89. The average molecular weight is 277 g/mol. The van der Waals surface area contributed by atoms with Gasteiger partial charge in [-0.2, -0.15) is 0 Å². The highest BCUT2D eigenvalue weighted by Gasteiger charge is 2.16. The Kier molecular flexibility index (Phi) is 7.63. The van der Waals surface area contributed by atoms with E-state index in [2.05, 4.69) is 62.5 Å². The minimum absolute atomic E-state index is 0.247. The number of hydrogen-bond donors (Lipinski definition) is 2. The lowest BCUT2D eigenvalue weighted by Gasteiger charge is -2.24. The minimum atomic E-state index is 0.247. The molecule has 0 bridgehead atoms. The van der Waals surface area contributed by atoms with Gasteiger partial charge in [0.2, 0.25) is 0 Å². The summed E-state index contributed by atoms with van der Waals surface area (Å²) in [5.41, 5.74) is 5.52. The molecule has 0 aliphatic carbocycles. The van der Waals surface area contributed by atoms with Gasteiger partial charge in [0.05, 0.1) is 0 Å². The molecule has 20 heavy (non-hydrogen) atoms. The van der Waals surface area contributed by atoms with Gasteiger partial charge in [0.1, 0.15) is 0 Å². The second kappa shape index (κ2) is 8.98. The summed E-state index contributed by atoms with van der Waals surface area (Å²) in [6, 6.07) is 8.89. The molecule has 0 fully saturated rings. The van der Waals surface area contributed by atoms with E-state index in [4.69, 9.17) is 5.84 Å². The maximum Gasteiger partial charge on any atom is 0.0463 e. The fraction of sp³-hybridized carbons (Fsp3) is 0.647. The fourth-order valence-corrected chi connectivity index (χ4v) is 2.63. The van der Waals surface area contributed by atoms with Gasteiger partial charge in [-0.15, -0.1) is 0 Å². The standard InChI is InChI=1S/C17H31N3/c1-5-7-9-14(6-2)12-17(19-18)15-10-8-11-16(13-15)20(3)4/h8,10-11,13-14,17,19H,5-7,9,12,18H2,1-4H3. The number of rotatable bonds is 9. The summed E-state index contributed by atoms with van der Waals surface area (Å²) in [7, 11) is 4.14. The molecule has 1 aromatic carbocycles. The van der Waals surface area contributed by atoms with Crippen LogP contribution in [-0.2, 0) is 0 Å². The number of unbranched alkanes of at least 4 members (excludes halogenated alkanes) is 1. The quantitative estimate of drug-likeness (QED) is 0.532. The van der Waals surface area contributed by atoms with Crippen molar-refractivity contribution in [1.29, 1.82) is 0 Å². The van der Waals surface area contributed by atoms with Gasteiger partial charge in [-0.3, -0.25) is 11.3 Å². The Bertz CT molecular complexity index is 376. The summed E-state index contributed by atoms with van der Waals surface area (Å²) in [6.07, 6.45) is 6.23. The van der Waals surface area contributed by atoms with E-state index in [0.29, 0.717) is 0 Å². The molecule has 0 aliphatic heterocycles. The Morgan fingerprint density at radius 3 is 2.55 bits per heavy atom. The van der Waals surface area contributed by atoms with Crippen LogP contribution in [0.2, 0.25) is 0 Å². The van der Waals surface area contributed by atoms with E-state index in [0.717, 1.165) is 12.3 Å². The lowest BCUT2D eigenvalue weighted by Crippen LogP contribution is -2.30. The Balaban J connectivity index is 2.76. The van der Waals surface area contributed by atoms with E-state index >= 15 is 0 Å². The second-order valence-corrected chi connectivity index (χ2v) is 5.86. The van der Waals surface area contributed by atoms with Crippen molar-refractivity contribution in [3.8, 4) is 0 Å². The Hall–Kier alpha value is -1.06. The molecule has 0 aromatic heterocycles. The van der Waals surface area contributed by atoms with E-state index in [9.17, 15) is 0 Å². The van der Waals surface area contributed by atoms with Crippen molar-refractivity contribution in [3.05, 3.63) is 29.8 Å². The minimum Gasteiger partial charge on any atom is -0.378 e. The molecule has 0 saturated carbocycles. The summed E-state index contributed by atoms with van der Waals surface area (Å²) < 4.78 is 0. The predicted octanol–water partition coefficient (Wildman–Crippen LogP) is 3.86. The van der Waals surface area contributed by atoms with Crippen LogP contribution in [0.5, 0.6) is 0 Å². The van der Waals surface area contributed by atoms with Crippen molar-refractivity contribution >= 4 is 5.69 Å². The molecule has 2 unspecified atom stereocenters. The van der Waals surface area contributed by atoms with Gasteiger partial charge >= 0.3 is 0 Å². The molecule has 2 atom stereocenters. The monoisotopic (exact) mass is 277 g/mol. The van der Waals surface area contributed by atoms with Gasteiger partial charge in [0.25, 0.3) is 0 Å². The van der Waals surface area contributed by atoms with Crippen LogP contribution in [0.1, 0.15) is 57.6 Å². The van der Waals surface area contributed by atoms with Gasteiger partial charge < -0.3 is 4.90 Å². The molecule has 3 heteroatoms. The maximum absolute atomic E-state index is 5.80. The molecular weight excluding hydrogens is 246 g/mol. The SMILES string of the molecule is CCCCC(CC)CC(NN)c1cccc(N(C)C)c1. The van der Waals surface area contributed by atoms with E-state index in [1.165, 1.54) is 36.9 Å². The molecule has 3 N–H and O–H groups in total. The zero-order valence-corrected chi connectivity index (χ0v) is 13.5. The van der Waals surface area contributed by atoms with Crippen LogP contribution in [0.4, 0.5) is 5.69 Å². The number of hydrogen-bond acceptors (Lipinski definition) is 3. The van der Waals surface area contributed by atoms with Crippen molar-refractivity contribution < 1.29 is 0 Å². The number of benzene rings is 1. The number of nitrogens with one attached hydrogen (secondary N) is 1.